The molecule has 0 aliphatic carbocycles. The summed E-state index contributed by atoms with van der Waals surface area (Å²) in [6.45, 7) is 8.85. The number of hydrogen-bond donors (Lipinski definition) is 1. The van der Waals surface area contributed by atoms with E-state index < -0.39 is 21.8 Å². The SMILES string of the molecule is CC(=O)OCc1nnc(-c2cc(C)c(F)cc2NS(=O)(=O)c2ccc(C(C)(C)C)cc2)n1C. The van der Waals surface area contributed by atoms with Crippen LogP contribution in [0, 0.1) is 12.7 Å². The predicted molar refractivity (Wildman–Crippen MR) is 123 cm³/mol. The highest BCUT2D eigenvalue weighted by atomic mass is 32.2. The topological polar surface area (TPSA) is 103 Å². The van der Waals surface area contributed by atoms with Crippen molar-refractivity contribution in [2.45, 2.75) is 51.5 Å². The molecule has 0 aliphatic rings. The first-order chi connectivity index (χ1) is 15.3. The zero-order valence-corrected chi connectivity index (χ0v) is 20.2. The Labute approximate surface area is 192 Å². The summed E-state index contributed by atoms with van der Waals surface area (Å²) in [7, 11) is -2.36. The van der Waals surface area contributed by atoms with Crippen molar-refractivity contribution in [1.29, 1.82) is 0 Å². The molecule has 0 saturated carbocycles. The molecule has 0 spiro atoms. The van der Waals surface area contributed by atoms with Crippen LogP contribution in [0.5, 0.6) is 0 Å². The molecule has 0 bridgehead atoms. The Hall–Kier alpha value is -3.27. The lowest BCUT2D eigenvalue weighted by molar-refractivity contribution is -0.142. The van der Waals surface area contributed by atoms with Gasteiger partial charge in [0.1, 0.15) is 5.82 Å². The lowest BCUT2D eigenvalue weighted by Gasteiger charge is -2.19. The standard InChI is InChI=1S/C23H27FN4O4S/c1-14-11-18(22-26-25-21(28(22)6)13-32-15(2)29)20(12-19(14)24)27-33(30,31)17-9-7-16(8-10-17)23(3,4)5/h7-12,27H,13H2,1-6H3. The van der Waals surface area contributed by atoms with Gasteiger partial charge in [0.05, 0.1) is 10.6 Å². The van der Waals surface area contributed by atoms with Crippen LogP contribution in [-0.4, -0.2) is 29.2 Å². The molecule has 8 nitrogen and oxygen atoms in total. The monoisotopic (exact) mass is 474 g/mol. The Balaban J connectivity index is 2.01. The number of nitrogens with zero attached hydrogens (tertiary/aromatic N) is 3. The fourth-order valence-corrected chi connectivity index (χ4v) is 4.25. The van der Waals surface area contributed by atoms with E-state index >= 15 is 0 Å². The van der Waals surface area contributed by atoms with Crippen molar-refractivity contribution >= 4 is 21.7 Å². The van der Waals surface area contributed by atoms with Gasteiger partial charge >= 0.3 is 5.97 Å². The summed E-state index contributed by atoms with van der Waals surface area (Å²) >= 11 is 0. The molecule has 0 saturated heterocycles. The van der Waals surface area contributed by atoms with Gasteiger partial charge in [-0.1, -0.05) is 32.9 Å². The largest absolute Gasteiger partial charge is 0.458 e. The molecule has 176 valence electrons. The first kappa shape index (κ1) is 24.4. The van der Waals surface area contributed by atoms with Crippen LogP contribution in [0.1, 0.15) is 44.6 Å². The van der Waals surface area contributed by atoms with Gasteiger partial charge in [-0.15, -0.1) is 10.2 Å². The Morgan fingerprint density at radius 3 is 2.36 bits per heavy atom. The van der Waals surface area contributed by atoms with Gasteiger partial charge < -0.3 is 9.30 Å². The van der Waals surface area contributed by atoms with Gasteiger partial charge in [0.2, 0.25) is 0 Å². The molecule has 0 radical (unpaired) electrons. The lowest BCUT2D eigenvalue weighted by Crippen LogP contribution is -2.16. The van der Waals surface area contributed by atoms with Crippen molar-refractivity contribution < 1.29 is 22.3 Å². The average molecular weight is 475 g/mol. The predicted octanol–water partition coefficient (Wildman–Crippen LogP) is 4.09. The molecule has 1 aromatic heterocycles. The Morgan fingerprint density at radius 2 is 1.79 bits per heavy atom. The zero-order valence-electron chi connectivity index (χ0n) is 19.4. The molecule has 3 rings (SSSR count). The maximum Gasteiger partial charge on any atom is 0.303 e. The van der Waals surface area contributed by atoms with Crippen LogP contribution in [0.2, 0.25) is 0 Å². The smallest absolute Gasteiger partial charge is 0.303 e. The maximum atomic E-state index is 14.4. The number of rotatable bonds is 6. The van der Waals surface area contributed by atoms with Crippen LogP contribution in [0.4, 0.5) is 10.1 Å². The molecule has 0 unspecified atom stereocenters. The molecule has 1 heterocycles. The highest BCUT2D eigenvalue weighted by Gasteiger charge is 2.22. The summed E-state index contributed by atoms with van der Waals surface area (Å²) in [5.74, 6) is -0.389. The van der Waals surface area contributed by atoms with Crippen LogP contribution < -0.4 is 4.72 Å². The number of anilines is 1. The number of halogens is 1. The Kier molecular flexibility index (Phi) is 6.60. The van der Waals surface area contributed by atoms with Gasteiger partial charge in [0.15, 0.2) is 18.3 Å². The molecular weight excluding hydrogens is 447 g/mol. The van der Waals surface area contributed by atoms with E-state index in [0.717, 1.165) is 11.6 Å². The first-order valence-corrected chi connectivity index (χ1v) is 11.7. The van der Waals surface area contributed by atoms with Gasteiger partial charge in [0, 0.05) is 19.5 Å². The number of nitrogens with one attached hydrogen (secondary N) is 1. The highest BCUT2D eigenvalue weighted by molar-refractivity contribution is 7.92. The fraction of sp³-hybridized carbons (Fsp3) is 0.348. The van der Waals surface area contributed by atoms with Crippen LogP contribution in [0.3, 0.4) is 0 Å². The highest BCUT2D eigenvalue weighted by Crippen LogP contribution is 2.32. The van der Waals surface area contributed by atoms with Crippen molar-refractivity contribution in [2.24, 2.45) is 7.05 Å². The minimum atomic E-state index is -4.01. The molecule has 10 heteroatoms. The van der Waals surface area contributed by atoms with E-state index in [1.165, 1.54) is 25.1 Å². The Bertz CT molecular complexity index is 1290. The summed E-state index contributed by atoms with van der Waals surface area (Å²) in [5.41, 5.74) is 1.54. The van der Waals surface area contributed by atoms with Crippen molar-refractivity contribution in [3.05, 3.63) is 59.2 Å². The van der Waals surface area contributed by atoms with Gasteiger partial charge in [-0.05, 0) is 47.7 Å². The van der Waals surface area contributed by atoms with E-state index in [1.807, 2.05) is 20.8 Å². The normalized spacial score (nSPS) is 12.0. The number of esters is 1. The minimum absolute atomic E-state index is 0.0209. The van der Waals surface area contributed by atoms with Gasteiger partial charge in [0.25, 0.3) is 10.0 Å². The van der Waals surface area contributed by atoms with Gasteiger partial charge in [-0.3, -0.25) is 9.52 Å². The van der Waals surface area contributed by atoms with Crippen LogP contribution >= 0.6 is 0 Å². The first-order valence-electron chi connectivity index (χ1n) is 10.2. The summed E-state index contributed by atoms with van der Waals surface area (Å²) in [6.07, 6.45) is 0. The van der Waals surface area contributed by atoms with E-state index in [2.05, 4.69) is 14.9 Å². The number of sulfonamides is 1. The second kappa shape index (κ2) is 8.93. The van der Waals surface area contributed by atoms with E-state index in [1.54, 1.807) is 30.7 Å². The number of aromatic nitrogens is 3. The van der Waals surface area contributed by atoms with E-state index in [4.69, 9.17) is 4.74 Å². The van der Waals surface area contributed by atoms with E-state index in [9.17, 15) is 17.6 Å². The third kappa shape index (κ3) is 5.39. The average Bonchev–Trinajstić information content (AvgIpc) is 3.08. The molecule has 0 amide bonds. The van der Waals surface area contributed by atoms with Crippen LogP contribution in [0.25, 0.3) is 11.4 Å². The molecule has 0 fully saturated rings. The number of ether oxygens (including phenoxy) is 1. The molecule has 0 aliphatic heterocycles. The van der Waals surface area contributed by atoms with Crippen molar-refractivity contribution in [3.63, 3.8) is 0 Å². The van der Waals surface area contributed by atoms with E-state index in [-0.39, 0.29) is 22.6 Å². The summed E-state index contributed by atoms with van der Waals surface area (Å²) in [5, 5.41) is 8.11. The van der Waals surface area contributed by atoms with Crippen LogP contribution in [-0.2, 0) is 38.6 Å². The third-order valence-electron chi connectivity index (χ3n) is 5.18. The lowest BCUT2D eigenvalue weighted by atomic mass is 9.87. The summed E-state index contributed by atoms with van der Waals surface area (Å²) in [6, 6.07) is 9.17. The van der Waals surface area contributed by atoms with Crippen LogP contribution in [0.15, 0.2) is 41.3 Å². The maximum absolute atomic E-state index is 14.4. The molecular formula is C23H27FN4O4S. The fourth-order valence-electron chi connectivity index (χ4n) is 3.18. The molecule has 1 N–H and O–H groups in total. The third-order valence-corrected chi connectivity index (χ3v) is 6.57. The molecule has 0 atom stereocenters. The second-order valence-electron chi connectivity index (χ2n) is 8.81. The number of carbonyl (C=O) groups excluding carboxylic acids is 1. The zero-order chi connectivity index (χ0) is 24.6. The molecule has 3 aromatic rings. The van der Waals surface area contributed by atoms with Crippen molar-refractivity contribution in [1.82, 2.24) is 14.8 Å². The number of aryl methyl sites for hydroxylation is 1. The van der Waals surface area contributed by atoms with Gasteiger partial charge in [-0.2, -0.15) is 0 Å². The van der Waals surface area contributed by atoms with Gasteiger partial charge in [-0.25, -0.2) is 12.8 Å². The summed E-state index contributed by atoms with van der Waals surface area (Å²) < 4.78 is 49.6. The second-order valence-corrected chi connectivity index (χ2v) is 10.5. The number of carbonyl (C=O) groups is 1. The Morgan fingerprint density at radius 1 is 1.15 bits per heavy atom. The number of hydrogen-bond acceptors (Lipinski definition) is 6. The van der Waals surface area contributed by atoms with Crippen molar-refractivity contribution in [3.8, 4) is 11.4 Å². The number of benzene rings is 2. The molecule has 33 heavy (non-hydrogen) atoms. The van der Waals surface area contributed by atoms with Crippen molar-refractivity contribution in [2.75, 3.05) is 4.72 Å². The quantitative estimate of drug-likeness (QED) is 0.540. The summed E-state index contributed by atoms with van der Waals surface area (Å²) in [4.78, 5) is 11.2. The minimum Gasteiger partial charge on any atom is -0.458 e. The van der Waals surface area contributed by atoms with E-state index in [0.29, 0.717) is 22.8 Å². The molecule has 2 aromatic carbocycles.